The van der Waals surface area contributed by atoms with Crippen LogP contribution in [0.4, 0.5) is 0 Å². The standard InChI is InChI=1S/C10H22N4O/c1-9(11)10(15)12-3-4-14-7-5-13(2)6-8-14/h9H,3-8,11H2,1-2H3,(H,12,15). The first-order valence-electron chi connectivity index (χ1n) is 5.54. The molecule has 0 radical (unpaired) electrons. The van der Waals surface area contributed by atoms with Crippen LogP contribution in [0.25, 0.3) is 0 Å². The highest BCUT2D eigenvalue weighted by molar-refractivity contribution is 5.80. The second kappa shape index (κ2) is 6.05. The van der Waals surface area contributed by atoms with Crippen molar-refractivity contribution in [3.63, 3.8) is 0 Å². The first-order valence-corrected chi connectivity index (χ1v) is 5.54. The van der Waals surface area contributed by atoms with Crippen LogP contribution in [0, 0.1) is 0 Å². The Bertz CT molecular complexity index is 200. The lowest BCUT2D eigenvalue weighted by Crippen LogP contribution is -2.48. The Kier molecular flexibility index (Phi) is 5.01. The van der Waals surface area contributed by atoms with Crippen LogP contribution in [0.5, 0.6) is 0 Å². The van der Waals surface area contributed by atoms with Crippen LogP contribution >= 0.6 is 0 Å². The van der Waals surface area contributed by atoms with Crippen LogP contribution in [0.3, 0.4) is 0 Å². The molecule has 5 heteroatoms. The third-order valence-corrected chi connectivity index (χ3v) is 2.74. The maximum absolute atomic E-state index is 11.2. The number of piperazine rings is 1. The van der Waals surface area contributed by atoms with E-state index in [0.717, 1.165) is 32.7 Å². The molecule has 5 nitrogen and oxygen atoms in total. The molecule has 1 rings (SSSR count). The second-order valence-electron chi connectivity index (χ2n) is 4.22. The average molecular weight is 214 g/mol. The van der Waals surface area contributed by atoms with Gasteiger partial charge in [-0.05, 0) is 14.0 Å². The number of nitrogens with zero attached hydrogens (tertiary/aromatic N) is 2. The molecule has 88 valence electrons. The second-order valence-corrected chi connectivity index (χ2v) is 4.22. The zero-order chi connectivity index (χ0) is 11.3. The molecule has 1 heterocycles. The summed E-state index contributed by atoms with van der Waals surface area (Å²) < 4.78 is 0. The predicted molar refractivity (Wildman–Crippen MR) is 60.6 cm³/mol. The van der Waals surface area contributed by atoms with Crippen LogP contribution in [0.1, 0.15) is 6.92 Å². The van der Waals surface area contributed by atoms with E-state index in [1.807, 2.05) is 0 Å². The van der Waals surface area contributed by atoms with E-state index < -0.39 is 6.04 Å². The predicted octanol–water partition coefficient (Wildman–Crippen LogP) is -1.30. The Morgan fingerprint density at radius 2 is 2.00 bits per heavy atom. The van der Waals surface area contributed by atoms with Gasteiger partial charge in [-0.25, -0.2) is 0 Å². The van der Waals surface area contributed by atoms with Crippen molar-refractivity contribution in [1.29, 1.82) is 0 Å². The van der Waals surface area contributed by atoms with Crippen molar-refractivity contribution >= 4 is 5.91 Å². The third kappa shape index (κ3) is 4.59. The van der Waals surface area contributed by atoms with Gasteiger partial charge in [-0.15, -0.1) is 0 Å². The summed E-state index contributed by atoms with van der Waals surface area (Å²) in [7, 11) is 2.13. The molecular formula is C10H22N4O. The van der Waals surface area contributed by atoms with Crippen LogP contribution < -0.4 is 11.1 Å². The van der Waals surface area contributed by atoms with Crippen LogP contribution in [0.2, 0.25) is 0 Å². The summed E-state index contributed by atoms with van der Waals surface area (Å²) in [6.45, 7) is 7.72. The van der Waals surface area contributed by atoms with E-state index in [1.54, 1.807) is 6.92 Å². The maximum Gasteiger partial charge on any atom is 0.236 e. The first-order chi connectivity index (χ1) is 7.09. The minimum absolute atomic E-state index is 0.0656. The zero-order valence-electron chi connectivity index (χ0n) is 9.70. The summed E-state index contributed by atoms with van der Waals surface area (Å²) in [5, 5.41) is 2.82. The fraction of sp³-hybridized carbons (Fsp3) is 0.900. The molecule has 0 saturated carbocycles. The third-order valence-electron chi connectivity index (χ3n) is 2.74. The fourth-order valence-electron chi connectivity index (χ4n) is 1.57. The van der Waals surface area contributed by atoms with Crippen molar-refractivity contribution in [1.82, 2.24) is 15.1 Å². The molecule has 1 amide bonds. The lowest BCUT2D eigenvalue weighted by molar-refractivity contribution is -0.122. The SMILES string of the molecule is CC(N)C(=O)NCCN1CCN(C)CC1. The molecule has 15 heavy (non-hydrogen) atoms. The molecule has 0 aromatic heterocycles. The van der Waals surface area contributed by atoms with Gasteiger partial charge in [-0.3, -0.25) is 9.69 Å². The topological polar surface area (TPSA) is 61.6 Å². The van der Waals surface area contributed by atoms with Gasteiger partial charge in [0.15, 0.2) is 0 Å². The van der Waals surface area contributed by atoms with E-state index in [1.165, 1.54) is 0 Å². The van der Waals surface area contributed by atoms with E-state index >= 15 is 0 Å². The lowest BCUT2D eigenvalue weighted by Gasteiger charge is -2.32. The van der Waals surface area contributed by atoms with Gasteiger partial charge in [0.1, 0.15) is 0 Å². The molecule has 0 aliphatic carbocycles. The lowest BCUT2D eigenvalue weighted by atomic mass is 10.3. The number of likely N-dealkylation sites (N-methyl/N-ethyl adjacent to an activating group) is 1. The molecule has 0 spiro atoms. The average Bonchev–Trinajstić information content (AvgIpc) is 2.20. The van der Waals surface area contributed by atoms with Gasteiger partial charge in [0.2, 0.25) is 5.91 Å². The van der Waals surface area contributed by atoms with Gasteiger partial charge in [-0.1, -0.05) is 0 Å². The number of rotatable bonds is 4. The van der Waals surface area contributed by atoms with Gasteiger partial charge in [-0.2, -0.15) is 0 Å². The Labute approximate surface area is 91.6 Å². The summed E-state index contributed by atoms with van der Waals surface area (Å²) in [6.07, 6.45) is 0. The summed E-state index contributed by atoms with van der Waals surface area (Å²) >= 11 is 0. The Morgan fingerprint density at radius 1 is 1.40 bits per heavy atom. The smallest absolute Gasteiger partial charge is 0.236 e. The normalized spacial score (nSPS) is 21.3. The maximum atomic E-state index is 11.2. The van der Waals surface area contributed by atoms with E-state index in [2.05, 4.69) is 22.2 Å². The first kappa shape index (κ1) is 12.4. The molecule has 1 aliphatic heterocycles. The molecule has 3 N–H and O–H groups in total. The van der Waals surface area contributed by atoms with Crippen molar-refractivity contribution in [3.8, 4) is 0 Å². The van der Waals surface area contributed by atoms with Gasteiger partial charge < -0.3 is 16.0 Å². The van der Waals surface area contributed by atoms with E-state index in [4.69, 9.17) is 5.73 Å². The van der Waals surface area contributed by atoms with Crippen molar-refractivity contribution in [3.05, 3.63) is 0 Å². The molecular weight excluding hydrogens is 192 g/mol. The minimum Gasteiger partial charge on any atom is -0.353 e. The zero-order valence-corrected chi connectivity index (χ0v) is 9.70. The molecule has 1 fully saturated rings. The monoisotopic (exact) mass is 214 g/mol. The molecule has 1 saturated heterocycles. The number of nitrogens with two attached hydrogens (primary N) is 1. The molecule has 1 atom stereocenters. The van der Waals surface area contributed by atoms with E-state index in [0.29, 0.717) is 6.54 Å². The number of amides is 1. The molecule has 0 aromatic carbocycles. The largest absolute Gasteiger partial charge is 0.353 e. The number of hydrogen-bond acceptors (Lipinski definition) is 4. The van der Waals surface area contributed by atoms with Gasteiger partial charge in [0.05, 0.1) is 6.04 Å². The minimum atomic E-state index is -0.405. The molecule has 0 aromatic rings. The molecule has 1 aliphatic rings. The van der Waals surface area contributed by atoms with Crippen LogP contribution in [0.15, 0.2) is 0 Å². The van der Waals surface area contributed by atoms with Crippen LogP contribution in [-0.4, -0.2) is 68.1 Å². The summed E-state index contributed by atoms with van der Waals surface area (Å²) in [6, 6.07) is -0.405. The summed E-state index contributed by atoms with van der Waals surface area (Å²) in [4.78, 5) is 15.9. The molecule has 1 unspecified atom stereocenters. The van der Waals surface area contributed by atoms with Gasteiger partial charge >= 0.3 is 0 Å². The van der Waals surface area contributed by atoms with Crippen molar-refractivity contribution in [2.24, 2.45) is 5.73 Å². The quantitative estimate of drug-likeness (QED) is 0.610. The van der Waals surface area contributed by atoms with Crippen molar-refractivity contribution < 1.29 is 4.79 Å². The number of nitrogens with one attached hydrogen (secondary N) is 1. The Morgan fingerprint density at radius 3 is 2.53 bits per heavy atom. The van der Waals surface area contributed by atoms with E-state index in [-0.39, 0.29) is 5.91 Å². The highest BCUT2D eigenvalue weighted by atomic mass is 16.2. The van der Waals surface area contributed by atoms with Crippen molar-refractivity contribution in [2.75, 3.05) is 46.3 Å². The fourth-order valence-corrected chi connectivity index (χ4v) is 1.57. The Hall–Kier alpha value is -0.650. The van der Waals surface area contributed by atoms with Crippen LogP contribution in [-0.2, 0) is 4.79 Å². The number of carbonyl (C=O) groups excluding carboxylic acids is 1. The van der Waals surface area contributed by atoms with Gasteiger partial charge in [0.25, 0.3) is 0 Å². The summed E-state index contributed by atoms with van der Waals surface area (Å²) in [5.74, 6) is -0.0656. The number of hydrogen-bond donors (Lipinski definition) is 2. The highest BCUT2D eigenvalue weighted by Crippen LogP contribution is 1.97. The van der Waals surface area contributed by atoms with Crippen molar-refractivity contribution in [2.45, 2.75) is 13.0 Å². The Balaban J connectivity index is 2.08. The van der Waals surface area contributed by atoms with Gasteiger partial charge in [0, 0.05) is 39.3 Å². The summed E-state index contributed by atoms with van der Waals surface area (Å²) in [5.41, 5.74) is 5.44. The number of carbonyl (C=O) groups is 1. The highest BCUT2D eigenvalue weighted by Gasteiger charge is 2.13. The van der Waals surface area contributed by atoms with E-state index in [9.17, 15) is 4.79 Å². The molecule has 0 bridgehead atoms.